The number of nitrogens with one attached hydrogen (secondary N) is 2. The molecule has 1 unspecified atom stereocenters. The Balaban J connectivity index is 2.18. The number of aliphatic hydroxyl groups excluding tert-OH is 1. The van der Waals surface area contributed by atoms with E-state index in [4.69, 9.17) is 5.11 Å². The molecule has 0 radical (unpaired) electrons. The van der Waals surface area contributed by atoms with Crippen molar-refractivity contribution in [3.05, 3.63) is 21.0 Å². The van der Waals surface area contributed by atoms with Gasteiger partial charge in [-0.1, -0.05) is 0 Å². The highest BCUT2D eigenvalue weighted by Gasteiger charge is 2.16. The normalized spacial score (nSPS) is 19.5. The van der Waals surface area contributed by atoms with E-state index in [9.17, 15) is 4.79 Å². The van der Waals surface area contributed by atoms with Crippen molar-refractivity contribution in [3.8, 4) is 0 Å². The molecule has 2 heterocycles. The van der Waals surface area contributed by atoms with E-state index in [-0.39, 0.29) is 18.7 Å². The summed E-state index contributed by atoms with van der Waals surface area (Å²) < 4.78 is 1.70. The van der Waals surface area contributed by atoms with Crippen molar-refractivity contribution < 1.29 is 5.11 Å². The highest BCUT2D eigenvalue weighted by molar-refractivity contribution is 9.10. The minimum atomic E-state index is -0.227. The van der Waals surface area contributed by atoms with Gasteiger partial charge in [0.15, 0.2) is 0 Å². The van der Waals surface area contributed by atoms with Crippen LogP contribution >= 0.6 is 15.9 Å². The minimum Gasteiger partial charge on any atom is -0.394 e. The third-order valence-electron chi connectivity index (χ3n) is 2.72. The summed E-state index contributed by atoms with van der Waals surface area (Å²) in [7, 11) is 0. The van der Waals surface area contributed by atoms with Crippen LogP contribution in [0.2, 0.25) is 0 Å². The van der Waals surface area contributed by atoms with Crippen LogP contribution in [0.25, 0.3) is 0 Å². The fourth-order valence-electron chi connectivity index (χ4n) is 1.82. The van der Waals surface area contributed by atoms with Gasteiger partial charge in [0, 0.05) is 12.6 Å². The molecule has 1 aromatic rings. The fourth-order valence-corrected chi connectivity index (χ4v) is 2.24. The second kappa shape index (κ2) is 5.61. The maximum absolute atomic E-state index is 11.8. The molecular weight excluding hydrogens is 288 g/mol. The molecule has 0 bridgehead atoms. The summed E-state index contributed by atoms with van der Waals surface area (Å²) in [6.45, 7) is 2.00. The van der Waals surface area contributed by atoms with E-state index >= 15 is 0 Å². The fraction of sp³-hybridized carbons (Fsp3) is 0.600. The number of nitrogens with zero attached hydrogens (tertiary/aromatic N) is 2. The molecular formula is C10H15BrN4O2. The van der Waals surface area contributed by atoms with Gasteiger partial charge in [0.05, 0.1) is 25.0 Å². The van der Waals surface area contributed by atoms with Gasteiger partial charge in [0.1, 0.15) is 4.47 Å². The van der Waals surface area contributed by atoms with E-state index in [0.717, 1.165) is 19.5 Å². The lowest BCUT2D eigenvalue weighted by molar-refractivity contribution is 0.266. The van der Waals surface area contributed by atoms with Crippen LogP contribution in [0.15, 0.2) is 15.5 Å². The molecule has 3 N–H and O–H groups in total. The smallest absolute Gasteiger partial charge is 0.283 e. The summed E-state index contributed by atoms with van der Waals surface area (Å²) in [6.07, 6.45) is 2.64. The van der Waals surface area contributed by atoms with Gasteiger partial charge in [-0.05, 0) is 28.9 Å². The molecule has 0 aliphatic carbocycles. The van der Waals surface area contributed by atoms with E-state index in [0.29, 0.717) is 16.2 Å². The monoisotopic (exact) mass is 302 g/mol. The van der Waals surface area contributed by atoms with Crippen LogP contribution in [-0.4, -0.2) is 40.6 Å². The molecule has 0 spiro atoms. The largest absolute Gasteiger partial charge is 0.394 e. The maximum Gasteiger partial charge on any atom is 0.283 e. The van der Waals surface area contributed by atoms with Crippen molar-refractivity contribution in [1.82, 2.24) is 15.1 Å². The molecule has 2 rings (SSSR count). The second-order valence-corrected chi connectivity index (χ2v) is 4.75. The Kier molecular flexibility index (Phi) is 4.14. The average Bonchev–Trinajstić information content (AvgIpc) is 2.82. The highest BCUT2D eigenvalue weighted by Crippen LogP contribution is 2.18. The predicted octanol–water partition coefficient (Wildman–Crippen LogP) is -0.228. The van der Waals surface area contributed by atoms with Gasteiger partial charge in [0.25, 0.3) is 5.56 Å². The van der Waals surface area contributed by atoms with Crippen molar-refractivity contribution in [2.45, 2.75) is 19.0 Å². The average molecular weight is 303 g/mol. The lowest BCUT2D eigenvalue weighted by atomic mass is 10.2. The summed E-state index contributed by atoms with van der Waals surface area (Å²) >= 11 is 3.27. The standard InChI is InChI=1S/C10H15BrN4O2/c11-9-8(14-7-1-2-12-5-7)6-13-15(3-4-16)10(9)17/h6-7,12,14,16H,1-5H2. The summed E-state index contributed by atoms with van der Waals surface area (Å²) in [6, 6.07) is 0.334. The number of rotatable bonds is 4. The Morgan fingerprint density at radius 2 is 2.53 bits per heavy atom. The highest BCUT2D eigenvalue weighted by atomic mass is 79.9. The van der Waals surface area contributed by atoms with Crippen molar-refractivity contribution in [2.24, 2.45) is 0 Å². The van der Waals surface area contributed by atoms with Gasteiger partial charge in [-0.2, -0.15) is 5.10 Å². The Bertz CT molecular complexity index is 442. The zero-order valence-electron chi connectivity index (χ0n) is 9.32. The molecule has 6 nitrogen and oxygen atoms in total. The van der Waals surface area contributed by atoms with Gasteiger partial charge in [-0.25, -0.2) is 4.68 Å². The SMILES string of the molecule is O=c1c(Br)c(NC2CCNC2)cnn1CCO. The van der Waals surface area contributed by atoms with E-state index in [2.05, 4.69) is 31.7 Å². The zero-order valence-corrected chi connectivity index (χ0v) is 10.9. The summed E-state index contributed by atoms with van der Waals surface area (Å²) in [5, 5.41) is 19.3. The Morgan fingerprint density at radius 1 is 1.71 bits per heavy atom. The van der Waals surface area contributed by atoms with E-state index < -0.39 is 0 Å². The lowest BCUT2D eigenvalue weighted by Gasteiger charge is -2.14. The van der Waals surface area contributed by atoms with Gasteiger partial charge in [-0.15, -0.1) is 0 Å². The summed E-state index contributed by atoms with van der Waals surface area (Å²) in [4.78, 5) is 11.8. The molecule has 1 aliphatic rings. The molecule has 0 aromatic carbocycles. The quantitative estimate of drug-likeness (QED) is 0.716. The molecule has 0 amide bonds. The van der Waals surface area contributed by atoms with Crippen LogP contribution in [0.1, 0.15) is 6.42 Å². The zero-order chi connectivity index (χ0) is 12.3. The first kappa shape index (κ1) is 12.5. The molecule has 1 fully saturated rings. The Hall–Kier alpha value is -0.920. The first-order valence-corrected chi connectivity index (χ1v) is 6.35. The lowest BCUT2D eigenvalue weighted by Crippen LogP contribution is -2.28. The van der Waals surface area contributed by atoms with Crippen LogP contribution in [0.5, 0.6) is 0 Å². The molecule has 1 aromatic heterocycles. The first-order valence-electron chi connectivity index (χ1n) is 5.56. The van der Waals surface area contributed by atoms with E-state index in [1.54, 1.807) is 6.20 Å². The van der Waals surface area contributed by atoms with Crippen molar-refractivity contribution >= 4 is 21.6 Å². The van der Waals surface area contributed by atoms with Gasteiger partial charge < -0.3 is 15.7 Å². The van der Waals surface area contributed by atoms with Gasteiger partial charge in [-0.3, -0.25) is 4.79 Å². The second-order valence-electron chi connectivity index (χ2n) is 3.96. The number of halogens is 1. The van der Waals surface area contributed by atoms with Crippen LogP contribution in [-0.2, 0) is 6.54 Å². The molecule has 0 saturated carbocycles. The molecule has 1 aliphatic heterocycles. The molecule has 1 atom stereocenters. The third kappa shape index (κ3) is 2.85. The summed E-state index contributed by atoms with van der Waals surface area (Å²) in [5.41, 5.74) is 0.480. The van der Waals surface area contributed by atoms with Gasteiger partial charge >= 0.3 is 0 Å². The summed E-state index contributed by atoms with van der Waals surface area (Å²) in [5.74, 6) is 0. The maximum atomic E-state index is 11.8. The number of hydrogen-bond donors (Lipinski definition) is 3. The van der Waals surface area contributed by atoms with E-state index in [1.165, 1.54) is 4.68 Å². The molecule has 7 heteroatoms. The molecule has 94 valence electrons. The first-order chi connectivity index (χ1) is 8.22. The third-order valence-corrected chi connectivity index (χ3v) is 3.48. The number of hydrogen-bond acceptors (Lipinski definition) is 5. The Labute approximate surface area is 107 Å². The molecule has 1 saturated heterocycles. The van der Waals surface area contributed by atoms with Crippen molar-refractivity contribution in [1.29, 1.82) is 0 Å². The van der Waals surface area contributed by atoms with Crippen LogP contribution in [0, 0.1) is 0 Å². The van der Waals surface area contributed by atoms with Crippen LogP contribution in [0.4, 0.5) is 5.69 Å². The number of aromatic nitrogens is 2. The predicted molar refractivity (Wildman–Crippen MR) is 68.2 cm³/mol. The van der Waals surface area contributed by atoms with Crippen LogP contribution in [0.3, 0.4) is 0 Å². The number of anilines is 1. The van der Waals surface area contributed by atoms with Crippen molar-refractivity contribution in [3.63, 3.8) is 0 Å². The molecule has 17 heavy (non-hydrogen) atoms. The van der Waals surface area contributed by atoms with Crippen molar-refractivity contribution in [2.75, 3.05) is 25.0 Å². The number of aliphatic hydroxyl groups is 1. The van der Waals surface area contributed by atoms with E-state index in [1.807, 2.05) is 0 Å². The minimum absolute atomic E-state index is 0.0985. The van der Waals surface area contributed by atoms with Gasteiger partial charge in [0.2, 0.25) is 0 Å². The van der Waals surface area contributed by atoms with Crippen LogP contribution < -0.4 is 16.2 Å². The Morgan fingerprint density at radius 3 is 3.18 bits per heavy atom. The topological polar surface area (TPSA) is 79.2 Å².